The highest BCUT2D eigenvalue weighted by Gasteiger charge is 2.16. The molecule has 1 aromatic heterocycles. The third kappa shape index (κ3) is 4.60. The first-order chi connectivity index (χ1) is 9.27. The van der Waals surface area contributed by atoms with Crippen molar-refractivity contribution in [3.05, 3.63) is 22.4 Å². The monoisotopic (exact) mass is 365 g/mol. The minimum atomic E-state index is -3.29. The molecule has 0 radical (unpaired) electrons. The van der Waals surface area contributed by atoms with Crippen molar-refractivity contribution < 1.29 is 13.2 Å². The summed E-state index contributed by atoms with van der Waals surface area (Å²) in [7, 11) is -0.343. The van der Waals surface area contributed by atoms with Crippen LogP contribution in [0.3, 0.4) is 0 Å². The molecule has 1 aromatic rings. The number of carbonyl (C=O) groups excluding carboxylic acids is 1. The first-order valence-electron chi connectivity index (χ1n) is 6.32. The Morgan fingerprint density at radius 2 is 2.10 bits per heavy atom. The second kappa shape index (κ2) is 7.24. The summed E-state index contributed by atoms with van der Waals surface area (Å²) in [6.07, 6.45) is 2.76. The average molecular weight is 366 g/mol. The molecule has 0 aliphatic rings. The fourth-order valence-corrected chi connectivity index (χ4v) is 2.85. The smallest absolute Gasteiger partial charge is 0.267 e. The van der Waals surface area contributed by atoms with Gasteiger partial charge in [-0.15, -0.1) is 0 Å². The van der Waals surface area contributed by atoms with E-state index in [1.807, 2.05) is 17.7 Å². The van der Waals surface area contributed by atoms with Crippen molar-refractivity contribution in [3.63, 3.8) is 0 Å². The van der Waals surface area contributed by atoms with E-state index in [1.54, 1.807) is 6.07 Å². The van der Waals surface area contributed by atoms with E-state index >= 15 is 0 Å². The molecule has 0 aliphatic carbocycles. The third-order valence-electron chi connectivity index (χ3n) is 2.76. The number of hydrogen-bond donors (Lipinski definition) is 1. The average Bonchev–Trinajstić information content (AvgIpc) is 2.70. The van der Waals surface area contributed by atoms with Crippen LogP contribution in [0.25, 0.3) is 0 Å². The lowest BCUT2D eigenvalue weighted by molar-refractivity contribution is 0.0946. The molecule has 8 heteroatoms. The lowest BCUT2D eigenvalue weighted by Crippen LogP contribution is -2.34. The fraction of sp³-hybridized carbons (Fsp3) is 0.583. The minimum Gasteiger partial charge on any atom is -0.350 e. The van der Waals surface area contributed by atoms with Crippen LogP contribution in [0.2, 0.25) is 0 Å². The molecule has 0 saturated carbocycles. The maximum Gasteiger partial charge on any atom is 0.267 e. The molecule has 0 fully saturated rings. The minimum absolute atomic E-state index is 0.0915. The second-order valence-electron chi connectivity index (χ2n) is 4.59. The SMILES string of the molecule is CCCn1cc(Br)cc1C(=O)NCCS(=O)(=O)N(C)C. The number of rotatable bonds is 7. The van der Waals surface area contributed by atoms with E-state index in [1.165, 1.54) is 14.1 Å². The highest BCUT2D eigenvalue weighted by atomic mass is 79.9. The van der Waals surface area contributed by atoms with Crippen LogP contribution in [-0.2, 0) is 16.6 Å². The Hall–Kier alpha value is -0.860. The molecule has 1 amide bonds. The lowest BCUT2D eigenvalue weighted by atomic mass is 10.4. The van der Waals surface area contributed by atoms with Crippen LogP contribution < -0.4 is 5.32 Å². The Morgan fingerprint density at radius 1 is 1.45 bits per heavy atom. The number of nitrogens with one attached hydrogen (secondary N) is 1. The third-order valence-corrected chi connectivity index (χ3v) is 5.03. The molecule has 1 rings (SSSR count). The molecular formula is C12H20BrN3O3S. The summed E-state index contributed by atoms with van der Waals surface area (Å²) in [6, 6.07) is 1.73. The van der Waals surface area contributed by atoms with Crippen LogP contribution in [0.1, 0.15) is 23.8 Å². The predicted octanol–water partition coefficient (Wildman–Crippen LogP) is 1.28. The number of hydrogen-bond acceptors (Lipinski definition) is 3. The molecule has 0 aliphatic heterocycles. The zero-order valence-corrected chi connectivity index (χ0v) is 14.3. The van der Waals surface area contributed by atoms with Crippen molar-refractivity contribution in [1.29, 1.82) is 0 Å². The molecule has 0 aromatic carbocycles. The molecule has 6 nitrogen and oxygen atoms in total. The summed E-state index contributed by atoms with van der Waals surface area (Å²) < 4.78 is 27.0. The molecule has 0 bridgehead atoms. The van der Waals surface area contributed by atoms with Gasteiger partial charge in [0.15, 0.2) is 0 Å². The fourth-order valence-electron chi connectivity index (χ4n) is 1.66. The maximum absolute atomic E-state index is 12.0. The van der Waals surface area contributed by atoms with Crippen LogP contribution in [0.5, 0.6) is 0 Å². The van der Waals surface area contributed by atoms with Crippen LogP contribution in [0.4, 0.5) is 0 Å². The van der Waals surface area contributed by atoms with Gasteiger partial charge in [0.2, 0.25) is 10.0 Å². The van der Waals surface area contributed by atoms with E-state index in [0.717, 1.165) is 21.7 Å². The van der Waals surface area contributed by atoms with E-state index in [-0.39, 0.29) is 18.2 Å². The zero-order valence-electron chi connectivity index (χ0n) is 11.9. The van der Waals surface area contributed by atoms with Crippen molar-refractivity contribution >= 4 is 31.9 Å². The Bertz CT molecular complexity index is 567. The molecule has 1 heterocycles. The van der Waals surface area contributed by atoms with Gasteiger partial charge in [-0.05, 0) is 28.4 Å². The van der Waals surface area contributed by atoms with Crippen molar-refractivity contribution in [2.75, 3.05) is 26.4 Å². The lowest BCUT2D eigenvalue weighted by Gasteiger charge is -2.12. The van der Waals surface area contributed by atoms with Crippen LogP contribution in [0, 0.1) is 0 Å². The quantitative estimate of drug-likeness (QED) is 0.790. The second-order valence-corrected chi connectivity index (χ2v) is 7.81. The highest BCUT2D eigenvalue weighted by Crippen LogP contribution is 2.15. The van der Waals surface area contributed by atoms with Gasteiger partial charge in [-0.2, -0.15) is 0 Å². The summed E-state index contributed by atoms with van der Waals surface area (Å²) in [5.41, 5.74) is 0.529. The van der Waals surface area contributed by atoms with Gasteiger partial charge >= 0.3 is 0 Å². The molecule has 20 heavy (non-hydrogen) atoms. The Balaban J connectivity index is 2.64. The van der Waals surface area contributed by atoms with E-state index in [2.05, 4.69) is 21.2 Å². The normalized spacial score (nSPS) is 11.8. The predicted molar refractivity (Wildman–Crippen MR) is 82.2 cm³/mol. The topological polar surface area (TPSA) is 71.4 Å². The number of amides is 1. The number of carbonyl (C=O) groups is 1. The van der Waals surface area contributed by atoms with Crippen LogP contribution >= 0.6 is 15.9 Å². The molecular weight excluding hydrogens is 346 g/mol. The van der Waals surface area contributed by atoms with E-state index in [4.69, 9.17) is 0 Å². The van der Waals surface area contributed by atoms with E-state index in [9.17, 15) is 13.2 Å². The maximum atomic E-state index is 12.0. The Morgan fingerprint density at radius 3 is 2.65 bits per heavy atom. The first-order valence-corrected chi connectivity index (χ1v) is 8.72. The van der Waals surface area contributed by atoms with Crippen LogP contribution in [0.15, 0.2) is 16.7 Å². The molecule has 0 unspecified atom stereocenters. The number of aryl methyl sites for hydroxylation is 1. The molecule has 114 valence electrons. The van der Waals surface area contributed by atoms with Crippen molar-refractivity contribution in [2.24, 2.45) is 0 Å². The highest BCUT2D eigenvalue weighted by molar-refractivity contribution is 9.10. The number of nitrogens with zero attached hydrogens (tertiary/aromatic N) is 2. The summed E-state index contributed by atoms with van der Waals surface area (Å²) in [4.78, 5) is 12.0. The van der Waals surface area contributed by atoms with Crippen molar-refractivity contribution in [2.45, 2.75) is 19.9 Å². The summed E-state index contributed by atoms with van der Waals surface area (Å²) in [6.45, 7) is 2.86. The van der Waals surface area contributed by atoms with E-state index in [0.29, 0.717) is 5.69 Å². The van der Waals surface area contributed by atoms with Gasteiger partial charge in [0, 0.05) is 37.9 Å². The van der Waals surface area contributed by atoms with Crippen LogP contribution in [-0.4, -0.2) is 49.6 Å². The Kier molecular flexibility index (Phi) is 6.22. The molecule has 0 spiro atoms. The van der Waals surface area contributed by atoms with Gasteiger partial charge in [0.05, 0.1) is 5.75 Å². The largest absolute Gasteiger partial charge is 0.350 e. The molecule has 0 atom stereocenters. The van der Waals surface area contributed by atoms with Gasteiger partial charge in [0.25, 0.3) is 5.91 Å². The van der Waals surface area contributed by atoms with Crippen molar-refractivity contribution in [3.8, 4) is 0 Å². The number of aromatic nitrogens is 1. The van der Waals surface area contributed by atoms with Gasteiger partial charge in [-0.25, -0.2) is 12.7 Å². The van der Waals surface area contributed by atoms with Crippen molar-refractivity contribution in [1.82, 2.24) is 14.2 Å². The first kappa shape index (κ1) is 17.2. The summed E-state index contributed by atoms with van der Waals surface area (Å²) in [5.74, 6) is -0.375. The summed E-state index contributed by atoms with van der Waals surface area (Å²) >= 11 is 3.34. The van der Waals surface area contributed by atoms with E-state index < -0.39 is 10.0 Å². The van der Waals surface area contributed by atoms with Gasteiger partial charge in [0.1, 0.15) is 5.69 Å². The number of halogens is 1. The van der Waals surface area contributed by atoms with Gasteiger partial charge < -0.3 is 9.88 Å². The van der Waals surface area contributed by atoms with Gasteiger partial charge in [-0.3, -0.25) is 4.79 Å². The Labute approximate surface area is 128 Å². The molecule has 1 N–H and O–H groups in total. The molecule has 0 saturated heterocycles. The summed E-state index contributed by atoms with van der Waals surface area (Å²) in [5, 5.41) is 2.64. The van der Waals surface area contributed by atoms with Gasteiger partial charge in [-0.1, -0.05) is 6.92 Å². The number of sulfonamides is 1. The zero-order chi connectivity index (χ0) is 15.3. The standard InChI is InChI=1S/C12H20BrN3O3S/c1-4-6-16-9-10(13)8-11(16)12(17)14-5-7-20(18,19)15(2)3/h8-9H,4-7H2,1-3H3,(H,14,17).